The van der Waals surface area contributed by atoms with E-state index in [9.17, 15) is 14.4 Å². The zero-order valence-corrected chi connectivity index (χ0v) is 14.4. The first-order chi connectivity index (χ1) is 11.9. The van der Waals surface area contributed by atoms with E-state index in [1.807, 2.05) is 13.8 Å². The van der Waals surface area contributed by atoms with Crippen LogP contribution in [0.1, 0.15) is 20.8 Å². The maximum atomic E-state index is 13.0. The van der Waals surface area contributed by atoms with Gasteiger partial charge in [0, 0.05) is 24.8 Å². The lowest BCUT2D eigenvalue weighted by atomic mass is 9.85. The Bertz CT molecular complexity index is 828. The molecular weight excluding hydrogens is 318 g/mol. The fourth-order valence-electron chi connectivity index (χ4n) is 4.54. The molecule has 0 N–H and O–H groups in total. The number of hydrogen-bond donors (Lipinski definition) is 0. The summed E-state index contributed by atoms with van der Waals surface area (Å²) < 4.78 is 5.07. The molecule has 2 fully saturated rings. The molecule has 2 aliphatic carbocycles. The molecule has 0 radical (unpaired) electrons. The first kappa shape index (κ1) is 15.8. The van der Waals surface area contributed by atoms with E-state index >= 15 is 0 Å². The molecule has 2 bridgehead atoms. The van der Waals surface area contributed by atoms with Gasteiger partial charge in [0.25, 0.3) is 0 Å². The van der Waals surface area contributed by atoms with E-state index in [2.05, 4.69) is 12.2 Å². The average molecular weight is 337 g/mol. The summed E-state index contributed by atoms with van der Waals surface area (Å²) in [6.07, 6.45) is 4.14. The Labute approximate surface area is 146 Å². The Hall–Kier alpha value is -2.69. The standard InChI is InChI=1S/C20H19NO4/c1-10(2)16-14-7-8-15(16)18-17(14)19(23)21(20(18)24)12-5-4-6-13(9-12)25-11(3)22/h4-9,14-15,17-18H,1-3H3/t14-,15-,17-,18-/m0/s1. The molecule has 4 rings (SSSR count). The summed E-state index contributed by atoms with van der Waals surface area (Å²) in [5, 5.41) is 0. The van der Waals surface area contributed by atoms with Crippen LogP contribution < -0.4 is 9.64 Å². The highest BCUT2D eigenvalue weighted by Crippen LogP contribution is 2.57. The second-order valence-corrected chi connectivity index (χ2v) is 7.05. The van der Waals surface area contributed by atoms with Crippen molar-refractivity contribution in [2.75, 3.05) is 4.90 Å². The molecular formula is C20H19NO4. The third-order valence-corrected chi connectivity index (χ3v) is 5.33. The van der Waals surface area contributed by atoms with Gasteiger partial charge >= 0.3 is 5.97 Å². The van der Waals surface area contributed by atoms with E-state index in [1.54, 1.807) is 24.3 Å². The SMILES string of the molecule is CC(=O)Oc1cccc(N2C(=O)[C@@H]3[C@@H](C2=O)[C@H]2C=C[C@H]3C2=C(C)C)c1. The van der Waals surface area contributed by atoms with Gasteiger partial charge in [0.15, 0.2) is 0 Å². The highest BCUT2D eigenvalue weighted by Gasteiger charge is 2.61. The number of fused-ring (bicyclic) bond motifs is 5. The number of anilines is 1. The van der Waals surface area contributed by atoms with Crippen molar-refractivity contribution in [2.24, 2.45) is 23.7 Å². The van der Waals surface area contributed by atoms with Crippen LogP contribution in [-0.4, -0.2) is 17.8 Å². The van der Waals surface area contributed by atoms with Crippen LogP contribution >= 0.6 is 0 Å². The summed E-state index contributed by atoms with van der Waals surface area (Å²) >= 11 is 0. The van der Waals surface area contributed by atoms with Gasteiger partial charge in [-0.3, -0.25) is 14.4 Å². The van der Waals surface area contributed by atoms with Crippen LogP contribution in [0.5, 0.6) is 5.75 Å². The normalized spacial score (nSPS) is 29.4. The molecule has 1 aliphatic heterocycles. The van der Waals surface area contributed by atoms with Crippen LogP contribution in [0, 0.1) is 23.7 Å². The largest absolute Gasteiger partial charge is 0.427 e. The lowest BCUT2D eigenvalue weighted by Crippen LogP contribution is -2.33. The van der Waals surface area contributed by atoms with Crippen molar-refractivity contribution in [2.45, 2.75) is 20.8 Å². The summed E-state index contributed by atoms with van der Waals surface area (Å²) in [6.45, 7) is 5.39. The molecule has 3 aliphatic rings. The monoisotopic (exact) mass is 337 g/mol. The Kier molecular flexibility index (Phi) is 3.42. The Morgan fingerprint density at radius 2 is 1.60 bits per heavy atom. The topological polar surface area (TPSA) is 63.7 Å². The molecule has 5 nitrogen and oxygen atoms in total. The summed E-state index contributed by atoms with van der Waals surface area (Å²) in [4.78, 5) is 38.5. The minimum absolute atomic E-state index is 0.0260. The molecule has 2 amide bonds. The predicted molar refractivity (Wildman–Crippen MR) is 91.7 cm³/mol. The van der Waals surface area contributed by atoms with Gasteiger partial charge in [-0.1, -0.05) is 29.4 Å². The lowest BCUT2D eigenvalue weighted by Gasteiger charge is -2.19. The van der Waals surface area contributed by atoms with Crippen molar-refractivity contribution in [3.63, 3.8) is 0 Å². The number of carbonyl (C=O) groups is 3. The first-order valence-corrected chi connectivity index (χ1v) is 8.42. The van der Waals surface area contributed by atoms with Crippen LogP contribution in [0.3, 0.4) is 0 Å². The van der Waals surface area contributed by atoms with Crippen molar-refractivity contribution in [3.8, 4) is 5.75 Å². The van der Waals surface area contributed by atoms with Crippen molar-refractivity contribution in [1.29, 1.82) is 0 Å². The zero-order chi connectivity index (χ0) is 17.9. The second-order valence-electron chi connectivity index (χ2n) is 7.05. The number of carbonyl (C=O) groups excluding carboxylic acids is 3. The Morgan fingerprint density at radius 3 is 2.12 bits per heavy atom. The molecule has 0 aromatic heterocycles. The number of benzene rings is 1. The molecule has 1 saturated heterocycles. The number of nitrogens with zero attached hydrogens (tertiary/aromatic N) is 1. The van der Waals surface area contributed by atoms with Gasteiger partial charge in [-0.05, 0) is 26.0 Å². The van der Waals surface area contributed by atoms with Crippen LogP contribution in [0.4, 0.5) is 5.69 Å². The molecule has 0 spiro atoms. The molecule has 1 heterocycles. The number of ether oxygens (including phenoxy) is 1. The highest BCUT2D eigenvalue weighted by atomic mass is 16.5. The van der Waals surface area contributed by atoms with E-state index in [4.69, 9.17) is 4.74 Å². The highest BCUT2D eigenvalue weighted by molar-refractivity contribution is 6.23. The van der Waals surface area contributed by atoms with Gasteiger partial charge in [0.2, 0.25) is 11.8 Å². The summed E-state index contributed by atoms with van der Waals surface area (Å²) in [5.41, 5.74) is 2.88. The van der Waals surface area contributed by atoms with Gasteiger partial charge in [0.05, 0.1) is 17.5 Å². The van der Waals surface area contributed by atoms with Gasteiger partial charge in [-0.15, -0.1) is 0 Å². The quantitative estimate of drug-likeness (QED) is 0.360. The second kappa shape index (κ2) is 5.41. The number of allylic oxidation sites excluding steroid dienone is 4. The number of rotatable bonds is 2. The van der Waals surface area contributed by atoms with E-state index in [0.717, 1.165) is 0 Å². The van der Waals surface area contributed by atoms with Gasteiger partial charge in [-0.2, -0.15) is 0 Å². The van der Waals surface area contributed by atoms with Crippen LogP contribution in [-0.2, 0) is 14.4 Å². The van der Waals surface area contributed by atoms with Crippen LogP contribution in [0.15, 0.2) is 47.6 Å². The van der Waals surface area contributed by atoms with E-state index in [-0.39, 0.29) is 35.5 Å². The molecule has 1 aromatic rings. The smallest absolute Gasteiger partial charge is 0.308 e. The summed E-state index contributed by atoms with van der Waals surface area (Å²) in [5.74, 6) is -1.01. The third-order valence-electron chi connectivity index (χ3n) is 5.33. The average Bonchev–Trinajstić information content (AvgIpc) is 3.17. The Balaban J connectivity index is 1.70. The maximum Gasteiger partial charge on any atom is 0.308 e. The molecule has 1 aromatic carbocycles. The molecule has 4 atom stereocenters. The molecule has 0 unspecified atom stereocenters. The van der Waals surface area contributed by atoms with Crippen molar-refractivity contribution < 1.29 is 19.1 Å². The maximum absolute atomic E-state index is 13.0. The number of esters is 1. The fraction of sp³-hybridized carbons (Fsp3) is 0.350. The van der Waals surface area contributed by atoms with E-state index < -0.39 is 5.97 Å². The third kappa shape index (κ3) is 2.18. The van der Waals surface area contributed by atoms with Crippen molar-refractivity contribution in [1.82, 2.24) is 0 Å². The molecule has 25 heavy (non-hydrogen) atoms. The first-order valence-electron chi connectivity index (χ1n) is 8.42. The zero-order valence-electron chi connectivity index (χ0n) is 14.4. The van der Waals surface area contributed by atoms with Gasteiger partial charge in [0.1, 0.15) is 5.75 Å². The molecule has 1 saturated carbocycles. The van der Waals surface area contributed by atoms with Gasteiger partial charge in [-0.25, -0.2) is 4.90 Å². The molecule has 5 heteroatoms. The minimum Gasteiger partial charge on any atom is -0.427 e. The molecule has 128 valence electrons. The van der Waals surface area contributed by atoms with Gasteiger partial charge < -0.3 is 4.74 Å². The minimum atomic E-state index is -0.441. The fourth-order valence-corrected chi connectivity index (χ4v) is 4.54. The predicted octanol–water partition coefficient (Wildman–Crippen LogP) is 2.87. The summed E-state index contributed by atoms with van der Waals surface area (Å²) in [7, 11) is 0. The van der Waals surface area contributed by atoms with Crippen molar-refractivity contribution in [3.05, 3.63) is 47.6 Å². The van der Waals surface area contributed by atoms with E-state index in [0.29, 0.717) is 11.4 Å². The number of imide groups is 1. The van der Waals surface area contributed by atoms with Crippen molar-refractivity contribution >= 4 is 23.5 Å². The lowest BCUT2D eigenvalue weighted by molar-refractivity contribution is -0.132. The number of hydrogen-bond acceptors (Lipinski definition) is 4. The van der Waals surface area contributed by atoms with Crippen LogP contribution in [0.2, 0.25) is 0 Å². The number of amides is 2. The summed E-state index contributed by atoms with van der Waals surface area (Å²) in [6, 6.07) is 6.57. The van der Waals surface area contributed by atoms with Crippen LogP contribution in [0.25, 0.3) is 0 Å². The Morgan fingerprint density at radius 1 is 1.00 bits per heavy atom. The van der Waals surface area contributed by atoms with E-state index in [1.165, 1.54) is 23.0 Å².